The minimum atomic E-state index is -0.266. The molecule has 2 nitrogen and oxygen atoms in total. The Bertz CT molecular complexity index is 351. The number of nitriles is 1. The maximum absolute atomic E-state index is 9.00. The summed E-state index contributed by atoms with van der Waals surface area (Å²) < 4.78 is 0. The second kappa shape index (κ2) is 2.31. The van der Waals surface area contributed by atoms with Gasteiger partial charge in [0.15, 0.2) is 0 Å². The number of fused-ring (bicyclic) bond motifs is 1. The van der Waals surface area contributed by atoms with Crippen molar-refractivity contribution < 1.29 is 0 Å². The minimum Gasteiger partial charge on any atom is -0.264 e. The monoisotopic (exact) mass is 158 g/mol. The predicted molar refractivity (Wildman–Crippen MR) is 45.5 cm³/mol. The second-order valence-corrected chi connectivity index (χ2v) is 3.48. The molecule has 0 saturated heterocycles. The Balaban J connectivity index is 2.58. The fourth-order valence-electron chi connectivity index (χ4n) is 1.80. The summed E-state index contributed by atoms with van der Waals surface area (Å²) in [5, 5.41) is 9.00. The van der Waals surface area contributed by atoms with Crippen LogP contribution in [0.2, 0.25) is 0 Å². The Hall–Kier alpha value is -1.36. The lowest BCUT2D eigenvalue weighted by molar-refractivity contribution is 0.604. The van der Waals surface area contributed by atoms with E-state index in [2.05, 4.69) is 11.1 Å². The molecule has 1 aromatic heterocycles. The van der Waals surface area contributed by atoms with Gasteiger partial charge in [0, 0.05) is 12.4 Å². The Morgan fingerprint density at radius 1 is 1.67 bits per heavy atom. The highest BCUT2D eigenvalue weighted by Gasteiger charge is 2.33. The zero-order valence-electron chi connectivity index (χ0n) is 7.04. The fourth-order valence-corrected chi connectivity index (χ4v) is 1.80. The Morgan fingerprint density at radius 2 is 2.50 bits per heavy atom. The average molecular weight is 158 g/mol. The second-order valence-electron chi connectivity index (χ2n) is 3.48. The van der Waals surface area contributed by atoms with Crippen molar-refractivity contribution in [1.29, 1.82) is 5.26 Å². The quantitative estimate of drug-likeness (QED) is 0.577. The maximum Gasteiger partial charge on any atom is 0.0801 e. The predicted octanol–water partition coefficient (Wildman–Crippen LogP) is 1.81. The molecule has 0 radical (unpaired) electrons. The Labute approximate surface area is 71.9 Å². The molecule has 0 bridgehead atoms. The van der Waals surface area contributed by atoms with E-state index in [4.69, 9.17) is 5.26 Å². The normalized spacial score (nSPS) is 26.3. The van der Waals surface area contributed by atoms with Crippen molar-refractivity contribution in [1.82, 2.24) is 4.98 Å². The van der Waals surface area contributed by atoms with Gasteiger partial charge in [-0.3, -0.25) is 4.98 Å². The topological polar surface area (TPSA) is 36.7 Å². The summed E-state index contributed by atoms with van der Waals surface area (Å²) >= 11 is 0. The summed E-state index contributed by atoms with van der Waals surface area (Å²) in [6.45, 7) is 2.00. The van der Waals surface area contributed by atoms with E-state index < -0.39 is 0 Å². The van der Waals surface area contributed by atoms with Gasteiger partial charge >= 0.3 is 0 Å². The van der Waals surface area contributed by atoms with E-state index in [1.165, 1.54) is 11.1 Å². The maximum atomic E-state index is 9.00. The third-order valence-electron chi connectivity index (χ3n) is 2.64. The number of hydrogen-bond acceptors (Lipinski definition) is 2. The fraction of sp³-hybridized carbons (Fsp3) is 0.400. The van der Waals surface area contributed by atoms with Gasteiger partial charge in [-0.1, -0.05) is 0 Å². The van der Waals surface area contributed by atoms with Crippen molar-refractivity contribution in [2.24, 2.45) is 0 Å². The van der Waals surface area contributed by atoms with Crippen LogP contribution in [0.25, 0.3) is 0 Å². The lowest BCUT2D eigenvalue weighted by atomic mass is 9.86. The van der Waals surface area contributed by atoms with Crippen LogP contribution in [0, 0.1) is 11.3 Å². The third-order valence-corrected chi connectivity index (χ3v) is 2.64. The molecule has 0 fully saturated rings. The van der Waals surface area contributed by atoms with Gasteiger partial charge in [0.05, 0.1) is 11.5 Å². The molecular weight excluding hydrogens is 148 g/mol. The first-order valence-electron chi connectivity index (χ1n) is 4.11. The van der Waals surface area contributed by atoms with Crippen LogP contribution >= 0.6 is 0 Å². The van der Waals surface area contributed by atoms with Crippen LogP contribution in [0.4, 0.5) is 0 Å². The molecule has 2 heteroatoms. The lowest BCUT2D eigenvalue weighted by Crippen LogP contribution is -2.14. The van der Waals surface area contributed by atoms with E-state index in [0.29, 0.717) is 0 Å². The zero-order valence-corrected chi connectivity index (χ0v) is 7.04. The largest absolute Gasteiger partial charge is 0.264 e. The van der Waals surface area contributed by atoms with Crippen molar-refractivity contribution in [2.45, 2.75) is 25.2 Å². The van der Waals surface area contributed by atoms with E-state index in [1.54, 1.807) is 6.20 Å². The van der Waals surface area contributed by atoms with E-state index in [0.717, 1.165) is 12.8 Å². The summed E-state index contributed by atoms with van der Waals surface area (Å²) in [7, 11) is 0. The molecule has 0 amide bonds. The molecule has 1 aliphatic carbocycles. The standard InChI is InChI=1S/C10H10N2/c1-10(7-11)4-2-8-6-12-5-3-9(8)10/h3,5-6H,2,4H2,1H3. The summed E-state index contributed by atoms with van der Waals surface area (Å²) in [6, 6.07) is 4.33. The molecule has 0 aliphatic heterocycles. The van der Waals surface area contributed by atoms with Crippen molar-refractivity contribution in [3.8, 4) is 6.07 Å². The number of pyridine rings is 1. The number of nitrogens with zero attached hydrogens (tertiary/aromatic N) is 2. The number of aromatic nitrogens is 1. The summed E-state index contributed by atoms with van der Waals surface area (Å²) in [4.78, 5) is 4.05. The Morgan fingerprint density at radius 3 is 3.25 bits per heavy atom. The molecule has 0 saturated carbocycles. The summed E-state index contributed by atoms with van der Waals surface area (Å²) in [5.41, 5.74) is 2.14. The van der Waals surface area contributed by atoms with Gasteiger partial charge in [-0.15, -0.1) is 0 Å². The number of aryl methyl sites for hydroxylation is 1. The van der Waals surface area contributed by atoms with Gasteiger partial charge in [0.1, 0.15) is 0 Å². The van der Waals surface area contributed by atoms with Crippen molar-refractivity contribution in [3.63, 3.8) is 0 Å². The molecule has 60 valence electrons. The molecule has 1 unspecified atom stereocenters. The number of hydrogen-bond donors (Lipinski definition) is 0. The molecule has 1 atom stereocenters. The highest BCUT2D eigenvalue weighted by molar-refractivity contribution is 5.41. The average Bonchev–Trinajstić information content (AvgIpc) is 2.46. The van der Waals surface area contributed by atoms with Crippen molar-refractivity contribution in [3.05, 3.63) is 29.6 Å². The van der Waals surface area contributed by atoms with Crippen LogP contribution < -0.4 is 0 Å². The first-order valence-corrected chi connectivity index (χ1v) is 4.11. The van der Waals surface area contributed by atoms with Crippen molar-refractivity contribution >= 4 is 0 Å². The molecule has 0 N–H and O–H groups in total. The van der Waals surface area contributed by atoms with Gasteiger partial charge in [0.25, 0.3) is 0 Å². The molecule has 1 aliphatic rings. The lowest BCUT2D eigenvalue weighted by Gasteiger charge is -2.14. The summed E-state index contributed by atoms with van der Waals surface area (Å²) in [6.07, 6.45) is 5.56. The van der Waals surface area contributed by atoms with E-state index >= 15 is 0 Å². The van der Waals surface area contributed by atoms with E-state index in [-0.39, 0.29) is 5.41 Å². The highest BCUT2D eigenvalue weighted by atomic mass is 14.6. The van der Waals surface area contributed by atoms with Crippen molar-refractivity contribution in [2.75, 3.05) is 0 Å². The minimum absolute atomic E-state index is 0.266. The van der Waals surface area contributed by atoms with Gasteiger partial charge in [-0.2, -0.15) is 5.26 Å². The van der Waals surface area contributed by atoms with Crippen LogP contribution in [0.15, 0.2) is 18.5 Å². The molecule has 2 rings (SSSR count). The Kier molecular flexibility index (Phi) is 1.41. The van der Waals surface area contributed by atoms with Crippen LogP contribution in [-0.4, -0.2) is 4.98 Å². The highest BCUT2D eigenvalue weighted by Crippen LogP contribution is 2.37. The van der Waals surface area contributed by atoms with Crippen LogP contribution in [-0.2, 0) is 11.8 Å². The SMILES string of the molecule is CC1(C#N)CCc2cnccc21. The van der Waals surface area contributed by atoms with Gasteiger partial charge < -0.3 is 0 Å². The molecule has 0 aromatic carbocycles. The van der Waals surface area contributed by atoms with Gasteiger partial charge in [0.2, 0.25) is 0 Å². The van der Waals surface area contributed by atoms with Crippen LogP contribution in [0.3, 0.4) is 0 Å². The smallest absolute Gasteiger partial charge is 0.0801 e. The van der Waals surface area contributed by atoms with E-state index in [1.807, 2.05) is 19.2 Å². The summed E-state index contributed by atoms with van der Waals surface area (Å²) in [5.74, 6) is 0. The van der Waals surface area contributed by atoms with Crippen LogP contribution in [0.5, 0.6) is 0 Å². The third kappa shape index (κ3) is 0.831. The molecule has 12 heavy (non-hydrogen) atoms. The molecule has 1 aromatic rings. The molecule has 1 heterocycles. The molecular formula is C10H10N2. The number of rotatable bonds is 0. The van der Waals surface area contributed by atoms with E-state index in [9.17, 15) is 0 Å². The van der Waals surface area contributed by atoms with Crippen LogP contribution in [0.1, 0.15) is 24.5 Å². The first kappa shape index (κ1) is 7.30. The zero-order chi connectivity index (χ0) is 8.60. The van der Waals surface area contributed by atoms with Gasteiger partial charge in [-0.05, 0) is 37.0 Å². The first-order chi connectivity index (χ1) is 5.76. The van der Waals surface area contributed by atoms with Gasteiger partial charge in [-0.25, -0.2) is 0 Å². The molecule has 0 spiro atoms.